The van der Waals surface area contributed by atoms with Gasteiger partial charge in [-0.2, -0.15) is 0 Å². The van der Waals surface area contributed by atoms with Gasteiger partial charge in [-0.15, -0.1) is 0 Å². The Hall–Kier alpha value is -0.760. The number of allylic oxidation sites excluding steroid dienone is 4. The molecule has 2 aliphatic carbocycles. The minimum absolute atomic E-state index is 0.451. The molecule has 0 bridgehead atoms. The lowest BCUT2D eigenvalue weighted by molar-refractivity contribution is 0.184. The minimum Gasteiger partial charge on any atom is -0.306 e. The Morgan fingerprint density at radius 2 is 1.87 bits per heavy atom. The van der Waals surface area contributed by atoms with Crippen molar-refractivity contribution in [2.45, 2.75) is 44.6 Å². The van der Waals surface area contributed by atoms with Crippen LogP contribution in [-0.2, 0) is 0 Å². The maximum Gasteiger partial charge on any atom is 0.0627 e. The number of benzene rings is 1. The SMILES string of the molecule is CC1=C(C2CCC(N(C)C)CC2c2cccc(Cl)c2Cl)CC=C1. The lowest BCUT2D eigenvalue weighted by atomic mass is 9.69. The molecule has 0 aromatic heterocycles. The summed E-state index contributed by atoms with van der Waals surface area (Å²) in [5.74, 6) is 1.03. The molecule has 3 unspecified atom stereocenters. The summed E-state index contributed by atoms with van der Waals surface area (Å²) in [6, 6.07) is 6.70. The summed E-state index contributed by atoms with van der Waals surface area (Å²) in [5.41, 5.74) is 4.27. The largest absolute Gasteiger partial charge is 0.306 e. The van der Waals surface area contributed by atoms with Crippen molar-refractivity contribution >= 4 is 23.2 Å². The number of hydrogen-bond acceptors (Lipinski definition) is 1. The third kappa shape index (κ3) is 3.38. The van der Waals surface area contributed by atoms with Gasteiger partial charge in [0.05, 0.1) is 10.0 Å². The van der Waals surface area contributed by atoms with E-state index >= 15 is 0 Å². The normalized spacial score (nSPS) is 28.0. The Labute approximate surface area is 150 Å². The van der Waals surface area contributed by atoms with E-state index in [4.69, 9.17) is 23.2 Å². The molecule has 0 heterocycles. The molecule has 3 atom stereocenters. The number of hydrogen-bond donors (Lipinski definition) is 0. The van der Waals surface area contributed by atoms with Crippen LogP contribution in [0.15, 0.2) is 41.5 Å². The van der Waals surface area contributed by atoms with E-state index in [-0.39, 0.29) is 0 Å². The van der Waals surface area contributed by atoms with E-state index in [2.05, 4.69) is 44.1 Å². The Morgan fingerprint density at radius 3 is 2.52 bits per heavy atom. The second kappa shape index (κ2) is 7.01. The highest BCUT2D eigenvalue weighted by molar-refractivity contribution is 6.42. The van der Waals surface area contributed by atoms with Gasteiger partial charge in [0.25, 0.3) is 0 Å². The Bertz CT molecular complexity index is 645. The van der Waals surface area contributed by atoms with Crippen molar-refractivity contribution in [2.24, 2.45) is 5.92 Å². The summed E-state index contributed by atoms with van der Waals surface area (Å²) in [6.07, 6.45) is 9.28. The number of rotatable bonds is 3. The summed E-state index contributed by atoms with van der Waals surface area (Å²) in [5, 5.41) is 1.41. The molecule has 2 aliphatic rings. The maximum absolute atomic E-state index is 6.59. The van der Waals surface area contributed by atoms with Crippen LogP contribution in [0, 0.1) is 5.92 Å². The van der Waals surface area contributed by atoms with Crippen LogP contribution in [-0.4, -0.2) is 25.0 Å². The van der Waals surface area contributed by atoms with Gasteiger partial charge in [-0.1, -0.05) is 58.6 Å². The van der Waals surface area contributed by atoms with Crippen molar-refractivity contribution in [2.75, 3.05) is 14.1 Å². The average molecular weight is 350 g/mol. The second-order valence-electron chi connectivity index (χ2n) is 7.10. The zero-order valence-corrected chi connectivity index (χ0v) is 15.7. The van der Waals surface area contributed by atoms with Gasteiger partial charge in [0, 0.05) is 6.04 Å². The van der Waals surface area contributed by atoms with E-state index in [1.165, 1.54) is 24.0 Å². The molecule has 0 radical (unpaired) electrons. The molecule has 1 aromatic rings. The number of nitrogens with zero attached hydrogens (tertiary/aromatic N) is 1. The molecular formula is C20H25Cl2N. The topological polar surface area (TPSA) is 3.24 Å². The first kappa shape index (κ1) is 17.1. The predicted molar refractivity (Wildman–Crippen MR) is 100 cm³/mol. The highest BCUT2D eigenvalue weighted by atomic mass is 35.5. The smallest absolute Gasteiger partial charge is 0.0627 e. The molecule has 1 aromatic carbocycles. The third-order valence-corrected chi connectivity index (χ3v) is 6.43. The van der Waals surface area contributed by atoms with Gasteiger partial charge in [0.1, 0.15) is 0 Å². The molecule has 3 heteroatoms. The highest BCUT2D eigenvalue weighted by Gasteiger charge is 2.36. The van der Waals surface area contributed by atoms with Crippen molar-refractivity contribution in [3.8, 4) is 0 Å². The highest BCUT2D eigenvalue weighted by Crippen LogP contribution is 2.48. The second-order valence-corrected chi connectivity index (χ2v) is 7.89. The van der Waals surface area contributed by atoms with Crippen LogP contribution in [0.5, 0.6) is 0 Å². The van der Waals surface area contributed by atoms with Crippen LogP contribution in [0.4, 0.5) is 0 Å². The van der Waals surface area contributed by atoms with E-state index in [1.54, 1.807) is 5.57 Å². The zero-order chi connectivity index (χ0) is 16.6. The van der Waals surface area contributed by atoms with E-state index in [0.29, 0.717) is 22.9 Å². The van der Waals surface area contributed by atoms with Gasteiger partial charge in [-0.25, -0.2) is 0 Å². The van der Waals surface area contributed by atoms with Gasteiger partial charge in [-0.05, 0) is 70.2 Å². The summed E-state index contributed by atoms with van der Waals surface area (Å²) in [7, 11) is 4.37. The molecular weight excluding hydrogens is 325 g/mol. The van der Waals surface area contributed by atoms with Crippen LogP contribution < -0.4 is 0 Å². The summed E-state index contributed by atoms with van der Waals surface area (Å²) in [6.45, 7) is 2.24. The third-order valence-electron chi connectivity index (χ3n) is 5.59. The van der Waals surface area contributed by atoms with Crippen molar-refractivity contribution in [1.82, 2.24) is 4.90 Å². The first-order valence-electron chi connectivity index (χ1n) is 8.45. The summed E-state index contributed by atoms with van der Waals surface area (Å²) >= 11 is 12.9. The van der Waals surface area contributed by atoms with Gasteiger partial charge >= 0.3 is 0 Å². The molecule has 23 heavy (non-hydrogen) atoms. The van der Waals surface area contributed by atoms with Crippen molar-refractivity contribution < 1.29 is 0 Å². The fourth-order valence-electron chi connectivity index (χ4n) is 4.26. The fraction of sp³-hybridized carbons (Fsp3) is 0.500. The van der Waals surface area contributed by atoms with E-state index in [9.17, 15) is 0 Å². The van der Waals surface area contributed by atoms with Crippen LogP contribution in [0.3, 0.4) is 0 Å². The predicted octanol–water partition coefficient (Wildman–Crippen LogP) is 6.08. The van der Waals surface area contributed by atoms with Crippen molar-refractivity contribution in [3.05, 3.63) is 57.1 Å². The first-order chi connectivity index (χ1) is 11.0. The Balaban J connectivity index is 1.98. The Kier molecular flexibility index (Phi) is 5.20. The molecule has 0 N–H and O–H groups in total. The monoisotopic (exact) mass is 349 g/mol. The molecule has 1 nitrogen and oxygen atoms in total. The molecule has 3 rings (SSSR count). The minimum atomic E-state index is 0.451. The lowest BCUT2D eigenvalue weighted by Gasteiger charge is -2.40. The molecule has 0 aliphatic heterocycles. The molecule has 0 amide bonds. The van der Waals surface area contributed by atoms with Gasteiger partial charge in [0.15, 0.2) is 0 Å². The van der Waals surface area contributed by atoms with Crippen LogP contribution >= 0.6 is 23.2 Å². The van der Waals surface area contributed by atoms with E-state index in [0.717, 1.165) is 17.9 Å². The summed E-state index contributed by atoms with van der Waals surface area (Å²) < 4.78 is 0. The number of halogens is 2. The molecule has 1 saturated carbocycles. The van der Waals surface area contributed by atoms with Gasteiger partial charge in [0.2, 0.25) is 0 Å². The summed E-state index contributed by atoms with van der Waals surface area (Å²) in [4.78, 5) is 2.36. The van der Waals surface area contributed by atoms with Crippen LogP contribution in [0.2, 0.25) is 10.0 Å². The standard InChI is InChI=1S/C20H25Cl2N/c1-13-6-4-7-15(13)16-11-10-14(23(2)3)12-18(16)17-8-5-9-19(21)20(17)22/h4-6,8-9,14,16,18H,7,10-12H2,1-3H3. The molecule has 124 valence electrons. The van der Waals surface area contributed by atoms with E-state index in [1.807, 2.05) is 12.1 Å². The lowest BCUT2D eigenvalue weighted by Crippen LogP contribution is -2.36. The van der Waals surface area contributed by atoms with Crippen molar-refractivity contribution in [3.63, 3.8) is 0 Å². The van der Waals surface area contributed by atoms with Crippen LogP contribution in [0.25, 0.3) is 0 Å². The van der Waals surface area contributed by atoms with Crippen molar-refractivity contribution in [1.29, 1.82) is 0 Å². The quantitative estimate of drug-likeness (QED) is 0.638. The van der Waals surface area contributed by atoms with Gasteiger partial charge in [-0.3, -0.25) is 0 Å². The molecule has 1 fully saturated rings. The first-order valence-corrected chi connectivity index (χ1v) is 9.21. The molecule has 0 saturated heterocycles. The van der Waals surface area contributed by atoms with E-state index < -0.39 is 0 Å². The Morgan fingerprint density at radius 1 is 1.09 bits per heavy atom. The average Bonchev–Trinajstić information content (AvgIpc) is 2.95. The maximum atomic E-state index is 6.59. The van der Waals surface area contributed by atoms with Gasteiger partial charge < -0.3 is 4.90 Å². The molecule has 0 spiro atoms. The fourth-order valence-corrected chi connectivity index (χ4v) is 4.71. The zero-order valence-electron chi connectivity index (χ0n) is 14.2. The van der Waals surface area contributed by atoms with Crippen LogP contribution in [0.1, 0.15) is 44.1 Å².